The molecule has 150 valence electrons. The quantitative estimate of drug-likeness (QED) is 0.672. The lowest BCUT2D eigenvalue weighted by molar-refractivity contribution is -0.118. The Morgan fingerprint density at radius 1 is 1.17 bits per heavy atom. The van der Waals surface area contributed by atoms with Gasteiger partial charge in [0.15, 0.2) is 0 Å². The summed E-state index contributed by atoms with van der Waals surface area (Å²) in [6, 6.07) is 14.2. The predicted octanol–water partition coefficient (Wildman–Crippen LogP) is 4.46. The maximum Gasteiger partial charge on any atom is 0.228 e. The van der Waals surface area contributed by atoms with E-state index in [0.29, 0.717) is 27.6 Å². The minimum atomic E-state index is -0.287. The maximum absolute atomic E-state index is 13.2. The van der Waals surface area contributed by atoms with Gasteiger partial charge >= 0.3 is 0 Å². The summed E-state index contributed by atoms with van der Waals surface area (Å²) in [6.45, 7) is 5.19. The molecule has 0 fully saturated rings. The number of methoxy groups -OCH3 is 1. The molecule has 0 bridgehead atoms. The summed E-state index contributed by atoms with van der Waals surface area (Å²) < 4.78 is 7.00. The Morgan fingerprint density at radius 3 is 2.55 bits per heavy atom. The average molecular weight is 412 g/mol. The molecule has 0 radical (unpaired) electrons. The van der Waals surface area contributed by atoms with E-state index in [0.717, 1.165) is 0 Å². The molecule has 2 aromatic carbocycles. The SMILES string of the molecule is COc1ccccc1-c1c(NC(=O)C(C)C)n(-c2cccc(Cl)c2)nc(C)c1=O. The molecule has 1 amide bonds. The second-order valence-electron chi connectivity index (χ2n) is 6.87. The van der Waals surface area contributed by atoms with Crippen molar-refractivity contribution < 1.29 is 9.53 Å². The number of aromatic nitrogens is 2. The van der Waals surface area contributed by atoms with Gasteiger partial charge in [-0.2, -0.15) is 5.10 Å². The number of halogens is 1. The second-order valence-corrected chi connectivity index (χ2v) is 7.31. The van der Waals surface area contributed by atoms with Crippen molar-refractivity contribution in [3.63, 3.8) is 0 Å². The summed E-state index contributed by atoms with van der Waals surface area (Å²) in [5.41, 5.74) is 1.50. The summed E-state index contributed by atoms with van der Waals surface area (Å²) in [5, 5.41) is 7.82. The first kappa shape index (κ1) is 20.6. The second kappa shape index (κ2) is 8.49. The highest BCUT2D eigenvalue weighted by Gasteiger charge is 2.23. The number of anilines is 1. The van der Waals surface area contributed by atoms with Gasteiger partial charge in [0.25, 0.3) is 0 Å². The Labute approximate surface area is 174 Å². The molecule has 3 aromatic rings. The van der Waals surface area contributed by atoms with Gasteiger partial charge < -0.3 is 10.1 Å². The highest BCUT2D eigenvalue weighted by molar-refractivity contribution is 6.30. The van der Waals surface area contributed by atoms with Gasteiger partial charge in [-0.25, -0.2) is 4.68 Å². The van der Waals surface area contributed by atoms with Crippen LogP contribution in [0, 0.1) is 12.8 Å². The van der Waals surface area contributed by atoms with Crippen LogP contribution in [0.5, 0.6) is 5.75 Å². The van der Waals surface area contributed by atoms with E-state index in [9.17, 15) is 9.59 Å². The van der Waals surface area contributed by atoms with Gasteiger partial charge in [-0.15, -0.1) is 0 Å². The molecule has 0 aliphatic heterocycles. The Balaban J connectivity index is 2.40. The number of hydrogen-bond acceptors (Lipinski definition) is 4. The molecule has 29 heavy (non-hydrogen) atoms. The van der Waals surface area contributed by atoms with E-state index in [-0.39, 0.29) is 28.8 Å². The van der Waals surface area contributed by atoms with E-state index < -0.39 is 0 Å². The number of aryl methyl sites for hydroxylation is 1. The first-order valence-corrected chi connectivity index (χ1v) is 9.55. The zero-order valence-electron chi connectivity index (χ0n) is 16.7. The van der Waals surface area contributed by atoms with Gasteiger partial charge in [0.2, 0.25) is 11.3 Å². The number of nitrogens with one attached hydrogen (secondary N) is 1. The van der Waals surface area contributed by atoms with Crippen molar-refractivity contribution >= 4 is 23.3 Å². The number of rotatable bonds is 5. The Bertz CT molecular complexity index is 1120. The predicted molar refractivity (Wildman–Crippen MR) is 115 cm³/mol. The van der Waals surface area contributed by atoms with Crippen LogP contribution in [0.25, 0.3) is 16.8 Å². The zero-order valence-corrected chi connectivity index (χ0v) is 17.4. The van der Waals surface area contributed by atoms with Crippen LogP contribution in [0.15, 0.2) is 53.3 Å². The van der Waals surface area contributed by atoms with E-state index >= 15 is 0 Å². The van der Waals surface area contributed by atoms with Crippen LogP contribution in [0.1, 0.15) is 19.5 Å². The standard InChI is InChI=1S/C22H22ClN3O3/c1-13(2)22(28)24-21-19(17-10-5-6-11-18(17)29-4)20(27)14(3)25-26(21)16-9-7-8-15(23)12-16/h5-13H,1-4H3,(H,24,28). The van der Waals surface area contributed by atoms with Crippen LogP contribution in [-0.2, 0) is 4.79 Å². The van der Waals surface area contributed by atoms with Gasteiger partial charge in [-0.05, 0) is 31.2 Å². The molecule has 0 atom stereocenters. The third-order valence-corrected chi connectivity index (χ3v) is 4.68. The van der Waals surface area contributed by atoms with Crippen LogP contribution < -0.4 is 15.5 Å². The lowest BCUT2D eigenvalue weighted by Crippen LogP contribution is -2.27. The molecule has 0 aliphatic carbocycles. The van der Waals surface area contributed by atoms with E-state index in [1.165, 1.54) is 11.8 Å². The minimum Gasteiger partial charge on any atom is -0.496 e. The summed E-state index contributed by atoms with van der Waals surface area (Å²) >= 11 is 6.17. The summed E-state index contributed by atoms with van der Waals surface area (Å²) in [4.78, 5) is 25.7. The summed E-state index contributed by atoms with van der Waals surface area (Å²) in [5.74, 6) is 0.269. The first-order chi connectivity index (χ1) is 13.8. The Hall–Kier alpha value is -3.12. The highest BCUT2D eigenvalue weighted by atomic mass is 35.5. The Morgan fingerprint density at radius 2 is 1.90 bits per heavy atom. The first-order valence-electron chi connectivity index (χ1n) is 9.17. The normalized spacial score (nSPS) is 10.8. The zero-order chi connectivity index (χ0) is 21.1. The van der Waals surface area contributed by atoms with Crippen LogP contribution in [0.3, 0.4) is 0 Å². The molecule has 1 aromatic heterocycles. The summed E-state index contributed by atoms with van der Waals surface area (Å²) in [6.07, 6.45) is 0. The Kier molecular flexibility index (Phi) is 6.03. The van der Waals surface area contributed by atoms with E-state index in [1.807, 2.05) is 12.1 Å². The average Bonchev–Trinajstić information content (AvgIpc) is 2.70. The van der Waals surface area contributed by atoms with Crippen molar-refractivity contribution in [1.82, 2.24) is 9.78 Å². The molecule has 1 N–H and O–H groups in total. The third kappa shape index (κ3) is 4.17. The monoisotopic (exact) mass is 411 g/mol. The number of amides is 1. The lowest BCUT2D eigenvalue weighted by Gasteiger charge is -2.20. The molecule has 0 saturated carbocycles. The van der Waals surface area contributed by atoms with Crippen molar-refractivity contribution in [3.8, 4) is 22.6 Å². The van der Waals surface area contributed by atoms with Crippen LogP contribution in [-0.4, -0.2) is 22.8 Å². The van der Waals surface area contributed by atoms with Gasteiger partial charge in [0, 0.05) is 16.5 Å². The van der Waals surface area contributed by atoms with Crippen molar-refractivity contribution in [1.29, 1.82) is 0 Å². The van der Waals surface area contributed by atoms with E-state index in [4.69, 9.17) is 16.3 Å². The smallest absolute Gasteiger partial charge is 0.228 e. The number of benzene rings is 2. The molecule has 1 heterocycles. The van der Waals surface area contributed by atoms with Gasteiger partial charge in [0.1, 0.15) is 17.3 Å². The molecule has 0 aliphatic rings. The minimum absolute atomic E-state index is 0.234. The third-order valence-electron chi connectivity index (χ3n) is 4.45. The van der Waals surface area contributed by atoms with Crippen LogP contribution in [0.4, 0.5) is 5.82 Å². The van der Waals surface area contributed by atoms with Crippen molar-refractivity contribution in [3.05, 3.63) is 69.5 Å². The fourth-order valence-electron chi connectivity index (χ4n) is 2.91. The van der Waals surface area contributed by atoms with Crippen LogP contribution >= 0.6 is 11.6 Å². The van der Waals surface area contributed by atoms with Crippen molar-refractivity contribution in [2.45, 2.75) is 20.8 Å². The molecule has 7 heteroatoms. The molecular formula is C22H22ClN3O3. The number of hydrogen-bond donors (Lipinski definition) is 1. The van der Waals surface area contributed by atoms with Gasteiger partial charge in [-0.3, -0.25) is 9.59 Å². The lowest BCUT2D eigenvalue weighted by atomic mass is 10.0. The number of carbonyl (C=O) groups excluding carboxylic acids is 1. The fourth-order valence-corrected chi connectivity index (χ4v) is 3.10. The molecule has 6 nitrogen and oxygen atoms in total. The van der Waals surface area contributed by atoms with Gasteiger partial charge in [0.05, 0.1) is 18.4 Å². The molecule has 0 spiro atoms. The number of nitrogens with zero attached hydrogens (tertiary/aromatic N) is 2. The van der Waals surface area contributed by atoms with Crippen molar-refractivity contribution in [2.75, 3.05) is 12.4 Å². The van der Waals surface area contributed by atoms with E-state index in [2.05, 4.69) is 10.4 Å². The number of ether oxygens (including phenoxy) is 1. The van der Waals surface area contributed by atoms with E-state index in [1.54, 1.807) is 57.2 Å². The fraction of sp³-hybridized carbons (Fsp3) is 0.227. The highest BCUT2D eigenvalue weighted by Crippen LogP contribution is 2.34. The largest absolute Gasteiger partial charge is 0.496 e. The topological polar surface area (TPSA) is 73.2 Å². The summed E-state index contributed by atoms with van der Waals surface area (Å²) in [7, 11) is 1.54. The molecule has 0 saturated heterocycles. The molecular weight excluding hydrogens is 390 g/mol. The molecule has 0 unspecified atom stereocenters. The number of para-hydroxylation sites is 1. The van der Waals surface area contributed by atoms with Crippen molar-refractivity contribution in [2.24, 2.45) is 5.92 Å². The van der Waals surface area contributed by atoms with Crippen LogP contribution in [0.2, 0.25) is 5.02 Å². The maximum atomic E-state index is 13.2. The van der Waals surface area contributed by atoms with Gasteiger partial charge in [-0.1, -0.05) is 49.7 Å². The number of carbonyl (C=O) groups is 1. The molecule has 3 rings (SSSR count).